The van der Waals surface area contributed by atoms with E-state index in [1.165, 1.54) is 11.1 Å². The number of hydrogen-bond acceptors (Lipinski definition) is 6. The summed E-state index contributed by atoms with van der Waals surface area (Å²) in [6.07, 6.45) is 1.80. The number of ether oxygens (including phenoxy) is 4. The summed E-state index contributed by atoms with van der Waals surface area (Å²) >= 11 is 0. The van der Waals surface area contributed by atoms with Crippen LogP contribution in [0.15, 0.2) is 72.8 Å². The third-order valence-electron chi connectivity index (χ3n) is 6.45. The molecule has 3 unspecified atom stereocenters. The van der Waals surface area contributed by atoms with Crippen molar-refractivity contribution in [2.24, 2.45) is 0 Å². The standard InChI is InChI=1S/C31H38O6/c1-5-25(20-22(2)26-8-12-28(32)13-9-26)27-10-16-30(17-11-27)37-23(3)35-18-19-36-31(33)21-24-6-14-29(34-4)15-7-24/h6-17,22-23,25,32H,5,18-21H2,1-4H3. The summed E-state index contributed by atoms with van der Waals surface area (Å²) in [6.45, 7) is 6.67. The van der Waals surface area contributed by atoms with Gasteiger partial charge in [0.2, 0.25) is 0 Å². The molecule has 0 aromatic heterocycles. The lowest BCUT2D eigenvalue weighted by molar-refractivity contribution is -0.147. The van der Waals surface area contributed by atoms with Gasteiger partial charge in [-0.05, 0) is 84.7 Å². The molecule has 3 aromatic rings. The molecular formula is C31H38O6. The first-order valence-corrected chi connectivity index (χ1v) is 12.8. The lowest BCUT2D eigenvalue weighted by Gasteiger charge is -2.21. The van der Waals surface area contributed by atoms with Crippen LogP contribution in [0.1, 0.15) is 62.1 Å². The minimum Gasteiger partial charge on any atom is -0.508 e. The predicted octanol–water partition coefficient (Wildman–Crippen LogP) is 6.62. The van der Waals surface area contributed by atoms with E-state index in [1.807, 2.05) is 55.5 Å². The van der Waals surface area contributed by atoms with E-state index < -0.39 is 6.29 Å². The molecule has 0 aliphatic heterocycles. The van der Waals surface area contributed by atoms with Gasteiger partial charge in [0.15, 0.2) is 6.29 Å². The number of aromatic hydroxyl groups is 1. The van der Waals surface area contributed by atoms with E-state index in [4.69, 9.17) is 18.9 Å². The third kappa shape index (κ3) is 9.14. The van der Waals surface area contributed by atoms with E-state index in [9.17, 15) is 9.90 Å². The third-order valence-corrected chi connectivity index (χ3v) is 6.45. The number of esters is 1. The lowest BCUT2D eigenvalue weighted by atomic mass is 9.84. The summed E-state index contributed by atoms with van der Waals surface area (Å²) in [5, 5.41) is 9.53. The Labute approximate surface area is 220 Å². The van der Waals surface area contributed by atoms with Gasteiger partial charge in [0.25, 0.3) is 0 Å². The van der Waals surface area contributed by atoms with E-state index in [2.05, 4.69) is 26.0 Å². The Morgan fingerprint density at radius 2 is 1.46 bits per heavy atom. The van der Waals surface area contributed by atoms with Crippen LogP contribution in [0.2, 0.25) is 0 Å². The molecule has 3 atom stereocenters. The highest BCUT2D eigenvalue weighted by Gasteiger charge is 2.16. The molecule has 0 aliphatic carbocycles. The van der Waals surface area contributed by atoms with E-state index >= 15 is 0 Å². The summed E-state index contributed by atoms with van der Waals surface area (Å²) in [4.78, 5) is 12.0. The molecule has 0 aliphatic rings. The zero-order valence-electron chi connectivity index (χ0n) is 22.2. The predicted molar refractivity (Wildman–Crippen MR) is 144 cm³/mol. The van der Waals surface area contributed by atoms with Crippen molar-refractivity contribution in [3.05, 3.63) is 89.5 Å². The smallest absolute Gasteiger partial charge is 0.310 e. The van der Waals surface area contributed by atoms with Gasteiger partial charge in [-0.25, -0.2) is 0 Å². The number of carbonyl (C=O) groups excluding carboxylic acids is 1. The molecule has 0 fully saturated rings. The maximum absolute atomic E-state index is 12.0. The van der Waals surface area contributed by atoms with Crippen molar-refractivity contribution < 1.29 is 28.8 Å². The molecule has 0 radical (unpaired) electrons. The zero-order chi connectivity index (χ0) is 26.6. The van der Waals surface area contributed by atoms with Crippen molar-refractivity contribution in [2.75, 3.05) is 20.3 Å². The molecule has 0 saturated carbocycles. The zero-order valence-corrected chi connectivity index (χ0v) is 22.2. The van der Waals surface area contributed by atoms with E-state index in [0.29, 0.717) is 17.6 Å². The molecule has 198 valence electrons. The van der Waals surface area contributed by atoms with Gasteiger partial charge < -0.3 is 24.1 Å². The minimum absolute atomic E-state index is 0.166. The van der Waals surface area contributed by atoms with Gasteiger partial charge >= 0.3 is 5.97 Å². The Morgan fingerprint density at radius 3 is 2.08 bits per heavy atom. The normalized spacial score (nSPS) is 13.4. The number of carbonyl (C=O) groups is 1. The van der Waals surface area contributed by atoms with Gasteiger partial charge in [-0.3, -0.25) is 4.79 Å². The lowest BCUT2D eigenvalue weighted by Crippen LogP contribution is -2.20. The molecule has 1 N–H and O–H groups in total. The first-order valence-electron chi connectivity index (χ1n) is 12.8. The van der Waals surface area contributed by atoms with Gasteiger partial charge in [-0.1, -0.05) is 50.2 Å². The van der Waals surface area contributed by atoms with Crippen molar-refractivity contribution in [3.63, 3.8) is 0 Å². The molecule has 37 heavy (non-hydrogen) atoms. The average Bonchev–Trinajstić information content (AvgIpc) is 2.91. The Kier molecular flexibility index (Phi) is 10.8. The van der Waals surface area contributed by atoms with Gasteiger partial charge in [-0.2, -0.15) is 0 Å². The number of phenols is 1. The first-order chi connectivity index (χ1) is 17.9. The number of methoxy groups -OCH3 is 1. The molecule has 0 heterocycles. The van der Waals surface area contributed by atoms with Crippen LogP contribution in [0.5, 0.6) is 17.2 Å². The second-order valence-electron chi connectivity index (χ2n) is 9.20. The Hall–Kier alpha value is -3.51. The summed E-state index contributed by atoms with van der Waals surface area (Å²) in [5.41, 5.74) is 3.37. The Balaban J connectivity index is 1.39. The highest BCUT2D eigenvalue weighted by molar-refractivity contribution is 5.72. The molecule has 3 rings (SSSR count). The number of rotatable bonds is 14. The molecule has 0 saturated heterocycles. The van der Waals surface area contributed by atoms with Crippen molar-refractivity contribution >= 4 is 5.97 Å². The molecule has 0 amide bonds. The van der Waals surface area contributed by atoms with Crippen LogP contribution in [-0.2, 0) is 20.7 Å². The van der Waals surface area contributed by atoms with Crippen molar-refractivity contribution in [3.8, 4) is 17.2 Å². The topological polar surface area (TPSA) is 74.2 Å². The first kappa shape index (κ1) is 28.1. The summed E-state index contributed by atoms with van der Waals surface area (Å²) in [6, 6.07) is 23.0. The van der Waals surface area contributed by atoms with Crippen LogP contribution in [0, 0.1) is 0 Å². The average molecular weight is 507 g/mol. The highest BCUT2D eigenvalue weighted by atomic mass is 16.7. The summed E-state index contributed by atoms with van der Waals surface area (Å²) in [7, 11) is 1.61. The van der Waals surface area contributed by atoms with Crippen molar-refractivity contribution in [1.82, 2.24) is 0 Å². The van der Waals surface area contributed by atoms with Crippen LogP contribution < -0.4 is 9.47 Å². The molecule has 0 spiro atoms. The van der Waals surface area contributed by atoms with Crippen LogP contribution in [0.3, 0.4) is 0 Å². The van der Waals surface area contributed by atoms with Crippen LogP contribution in [0.4, 0.5) is 0 Å². The highest BCUT2D eigenvalue weighted by Crippen LogP contribution is 2.33. The van der Waals surface area contributed by atoms with Gasteiger partial charge in [-0.15, -0.1) is 0 Å². The largest absolute Gasteiger partial charge is 0.508 e. The van der Waals surface area contributed by atoms with Gasteiger partial charge in [0.1, 0.15) is 23.9 Å². The Bertz CT molecular complexity index is 1080. The summed E-state index contributed by atoms with van der Waals surface area (Å²) < 4.78 is 21.9. The second kappa shape index (κ2) is 14.3. The molecule has 0 bridgehead atoms. The maximum Gasteiger partial charge on any atom is 0.310 e. The quantitative estimate of drug-likeness (QED) is 0.151. The van der Waals surface area contributed by atoms with Crippen LogP contribution >= 0.6 is 0 Å². The van der Waals surface area contributed by atoms with E-state index in [-0.39, 0.29) is 25.6 Å². The number of hydrogen-bond donors (Lipinski definition) is 1. The minimum atomic E-state index is -0.470. The van der Waals surface area contributed by atoms with Crippen molar-refractivity contribution in [2.45, 2.75) is 58.2 Å². The van der Waals surface area contributed by atoms with E-state index in [0.717, 1.165) is 29.9 Å². The second-order valence-corrected chi connectivity index (χ2v) is 9.20. The van der Waals surface area contributed by atoms with E-state index in [1.54, 1.807) is 19.2 Å². The SMILES string of the molecule is CCC(CC(C)c1ccc(O)cc1)c1ccc(OC(C)OCCOC(=O)Cc2ccc(OC)cc2)cc1. The fraction of sp³-hybridized carbons (Fsp3) is 0.387. The fourth-order valence-corrected chi connectivity index (χ4v) is 4.28. The monoisotopic (exact) mass is 506 g/mol. The fourth-order valence-electron chi connectivity index (χ4n) is 4.28. The molecule has 3 aromatic carbocycles. The van der Waals surface area contributed by atoms with Crippen LogP contribution in [-0.4, -0.2) is 37.7 Å². The van der Waals surface area contributed by atoms with Gasteiger partial charge in [0.05, 0.1) is 20.1 Å². The maximum atomic E-state index is 12.0. The van der Waals surface area contributed by atoms with Crippen LogP contribution in [0.25, 0.3) is 0 Å². The number of phenolic OH excluding ortho intramolecular Hbond substituents is 1. The van der Waals surface area contributed by atoms with Crippen molar-refractivity contribution in [1.29, 1.82) is 0 Å². The van der Waals surface area contributed by atoms with Gasteiger partial charge in [0, 0.05) is 0 Å². The summed E-state index contributed by atoms with van der Waals surface area (Å²) in [5.74, 6) is 2.29. The number of benzene rings is 3. The Morgan fingerprint density at radius 1 is 0.838 bits per heavy atom. The molecule has 6 heteroatoms. The molecule has 6 nitrogen and oxygen atoms in total. The molecular weight excluding hydrogens is 468 g/mol.